The molecular formula is C14H19BN2O2. The Balaban J connectivity index is 2.12. The molecule has 1 aliphatic heterocycles. The second kappa shape index (κ2) is 3.84. The van der Waals surface area contributed by atoms with Gasteiger partial charge in [-0.15, -0.1) is 0 Å². The normalized spacial score (nSPS) is 21.2. The molecule has 5 heteroatoms. The van der Waals surface area contributed by atoms with Gasteiger partial charge in [0.05, 0.1) is 22.9 Å². The van der Waals surface area contributed by atoms with Crippen molar-refractivity contribution in [2.24, 2.45) is 0 Å². The van der Waals surface area contributed by atoms with Crippen LogP contribution in [0.5, 0.6) is 0 Å². The third-order valence-electron chi connectivity index (χ3n) is 4.36. The molecule has 4 nitrogen and oxygen atoms in total. The number of nitrogens with zero attached hydrogens (tertiary/aromatic N) is 1. The van der Waals surface area contributed by atoms with E-state index < -0.39 is 0 Å². The highest BCUT2D eigenvalue weighted by Crippen LogP contribution is 2.37. The first-order valence-electron chi connectivity index (χ1n) is 6.60. The zero-order valence-electron chi connectivity index (χ0n) is 12.1. The van der Waals surface area contributed by atoms with E-state index in [1.165, 1.54) is 0 Å². The van der Waals surface area contributed by atoms with Gasteiger partial charge in [-0.3, -0.25) is 5.10 Å². The number of nitrogens with one attached hydrogen (secondary N) is 1. The number of benzene rings is 1. The predicted molar refractivity (Wildman–Crippen MR) is 76.5 cm³/mol. The van der Waals surface area contributed by atoms with Gasteiger partial charge in [-0.2, -0.15) is 5.10 Å². The monoisotopic (exact) mass is 258 g/mol. The molecule has 0 saturated carbocycles. The molecule has 100 valence electrons. The number of aryl methyl sites for hydroxylation is 1. The summed E-state index contributed by atoms with van der Waals surface area (Å²) in [6, 6.07) is 4.14. The molecule has 0 radical (unpaired) electrons. The quantitative estimate of drug-likeness (QED) is 0.797. The van der Waals surface area contributed by atoms with Crippen LogP contribution in [-0.2, 0) is 9.31 Å². The van der Waals surface area contributed by atoms with Gasteiger partial charge in [0.2, 0.25) is 0 Å². The molecule has 2 heterocycles. The molecule has 1 N–H and O–H groups in total. The highest BCUT2D eigenvalue weighted by molar-refractivity contribution is 6.65. The lowest BCUT2D eigenvalue weighted by molar-refractivity contribution is 0.00578. The Hall–Kier alpha value is -1.33. The van der Waals surface area contributed by atoms with E-state index in [9.17, 15) is 0 Å². The van der Waals surface area contributed by atoms with Crippen LogP contribution >= 0.6 is 0 Å². The maximum Gasteiger partial charge on any atom is 0.497 e. The van der Waals surface area contributed by atoms with Crippen LogP contribution in [0.15, 0.2) is 18.3 Å². The molecule has 0 aliphatic carbocycles. The Morgan fingerprint density at radius 1 is 1.11 bits per heavy atom. The van der Waals surface area contributed by atoms with Crippen molar-refractivity contribution in [3.63, 3.8) is 0 Å². The molecule has 1 aromatic carbocycles. The molecule has 3 rings (SSSR count). The second-order valence-electron chi connectivity index (χ2n) is 6.22. The van der Waals surface area contributed by atoms with Crippen LogP contribution in [0.2, 0.25) is 0 Å². The summed E-state index contributed by atoms with van der Waals surface area (Å²) in [6.07, 6.45) is 1.82. The van der Waals surface area contributed by atoms with Gasteiger partial charge in [-0.25, -0.2) is 0 Å². The number of hydrogen-bond acceptors (Lipinski definition) is 3. The first kappa shape index (κ1) is 12.7. The third kappa shape index (κ3) is 1.80. The molecule has 0 unspecified atom stereocenters. The van der Waals surface area contributed by atoms with Crippen LogP contribution in [-0.4, -0.2) is 28.5 Å². The van der Waals surface area contributed by atoms with Gasteiger partial charge in [0, 0.05) is 10.8 Å². The second-order valence-corrected chi connectivity index (χ2v) is 6.22. The summed E-state index contributed by atoms with van der Waals surface area (Å²) in [6.45, 7) is 10.3. The topological polar surface area (TPSA) is 47.1 Å². The van der Waals surface area contributed by atoms with Crippen molar-refractivity contribution in [3.05, 3.63) is 23.9 Å². The lowest BCUT2D eigenvalue weighted by Gasteiger charge is -2.32. The van der Waals surface area contributed by atoms with Crippen molar-refractivity contribution >= 4 is 23.5 Å². The van der Waals surface area contributed by atoms with E-state index in [4.69, 9.17) is 9.31 Å². The fourth-order valence-electron chi connectivity index (χ4n) is 2.40. The van der Waals surface area contributed by atoms with Gasteiger partial charge in [0.15, 0.2) is 0 Å². The van der Waals surface area contributed by atoms with E-state index in [0.29, 0.717) is 0 Å². The number of rotatable bonds is 1. The third-order valence-corrected chi connectivity index (χ3v) is 4.36. The molecule has 1 saturated heterocycles. The zero-order valence-corrected chi connectivity index (χ0v) is 12.1. The summed E-state index contributed by atoms with van der Waals surface area (Å²) in [7, 11) is -0.353. The Labute approximate surface area is 113 Å². The fourth-order valence-corrected chi connectivity index (χ4v) is 2.40. The first-order chi connectivity index (χ1) is 8.82. The summed E-state index contributed by atoms with van der Waals surface area (Å²) in [4.78, 5) is 0. The minimum absolute atomic E-state index is 0.327. The summed E-state index contributed by atoms with van der Waals surface area (Å²) in [5.41, 5.74) is 2.54. The molecule has 19 heavy (non-hydrogen) atoms. The number of H-pyrrole nitrogens is 1. The largest absolute Gasteiger partial charge is 0.497 e. The molecule has 0 bridgehead atoms. The van der Waals surface area contributed by atoms with Crippen LogP contribution in [0.25, 0.3) is 10.9 Å². The highest BCUT2D eigenvalue weighted by Gasteiger charge is 2.52. The molecule has 1 fully saturated rings. The zero-order chi connectivity index (χ0) is 13.8. The van der Waals surface area contributed by atoms with Crippen molar-refractivity contribution < 1.29 is 9.31 Å². The molecule has 0 spiro atoms. The SMILES string of the molecule is Cc1ccc2cn[nH]c2c1B1OC(C)(C)C(C)(C)O1. The fraction of sp³-hybridized carbons (Fsp3) is 0.500. The van der Waals surface area contributed by atoms with Crippen LogP contribution in [0.3, 0.4) is 0 Å². The van der Waals surface area contributed by atoms with Crippen LogP contribution in [0, 0.1) is 6.92 Å². The minimum Gasteiger partial charge on any atom is -0.399 e. The van der Waals surface area contributed by atoms with Gasteiger partial charge in [-0.1, -0.05) is 12.1 Å². The molecular weight excluding hydrogens is 239 g/mol. The van der Waals surface area contributed by atoms with Gasteiger partial charge >= 0.3 is 7.12 Å². The number of aromatic amines is 1. The summed E-state index contributed by atoms with van der Waals surface area (Å²) < 4.78 is 12.3. The summed E-state index contributed by atoms with van der Waals surface area (Å²) >= 11 is 0. The lowest BCUT2D eigenvalue weighted by Crippen LogP contribution is -2.41. The average Bonchev–Trinajstić information content (AvgIpc) is 2.81. The maximum atomic E-state index is 6.14. The van der Waals surface area contributed by atoms with E-state index in [1.54, 1.807) is 0 Å². The van der Waals surface area contributed by atoms with Crippen molar-refractivity contribution in [1.29, 1.82) is 0 Å². The molecule has 0 atom stereocenters. The lowest BCUT2D eigenvalue weighted by atomic mass is 9.75. The van der Waals surface area contributed by atoms with Crippen molar-refractivity contribution in [2.45, 2.75) is 45.8 Å². The maximum absolute atomic E-state index is 6.14. The Kier molecular flexibility index (Phi) is 2.56. The average molecular weight is 258 g/mol. The smallest absolute Gasteiger partial charge is 0.399 e. The van der Waals surface area contributed by atoms with E-state index in [0.717, 1.165) is 21.9 Å². The van der Waals surface area contributed by atoms with Gasteiger partial charge in [-0.05, 0) is 40.2 Å². The van der Waals surface area contributed by atoms with E-state index >= 15 is 0 Å². The van der Waals surface area contributed by atoms with Crippen molar-refractivity contribution in [1.82, 2.24) is 10.2 Å². The molecule has 2 aromatic rings. The number of aromatic nitrogens is 2. The number of fused-ring (bicyclic) bond motifs is 1. The van der Waals surface area contributed by atoms with Crippen molar-refractivity contribution in [3.8, 4) is 0 Å². The van der Waals surface area contributed by atoms with Gasteiger partial charge in [0.1, 0.15) is 0 Å². The number of hydrogen-bond donors (Lipinski definition) is 1. The van der Waals surface area contributed by atoms with Gasteiger partial charge in [0.25, 0.3) is 0 Å². The summed E-state index contributed by atoms with van der Waals surface area (Å²) in [5.74, 6) is 0. The standard InChI is InChI=1S/C14H19BN2O2/c1-9-6-7-10-8-16-17-12(10)11(9)15-18-13(2,3)14(4,5)19-15/h6-8H,1-5H3,(H,16,17). The van der Waals surface area contributed by atoms with E-state index in [-0.39, 0.29) is 18.3 Å². The Bertz CT molecular complexity index is 617. The van der Waals surface area contributed by atoms with Crippen LogP contribution in [0.1, 0.15) is 33.3 Å². The van der Waals surface area contributed by atoms with Crippen LogP contribution in [0.4, 0.5) is 0 Å². The van der Waals surface area contributed by atoms with E-state index in [1.807, 2.05) is 6.20 Å². The van der Waals surface area contributed by atoms with E-state index in [2.05, 4.69) is 56.9 Å². The highest BCUT2D eigenvalue weighted by atomic mass is 16.7. The molecule has 1 aromatic heterocycles. The minimum atomic E-state index is -0.353. The molecule has 0 amide bonds. The van der Waals surface area contributed by atoms with Gasteiger partial charge < -0.3 is 9.31 Å². The predicted octanol–water partition coefficient (Wildman–Crippen LogP) is 2.17. The van der Waals surface area contributed by atoms with Crippen molar-refractivity contribution in [2.75, 3.05) is 0 Å². The Morgan fingerprint density at radius 2 is 1.74 bits per heavy atom. The molecule has 1 aliphatic rings. The Morgan fingerprint density at radius 3 is 2.37 bits per heavy atom. The van der Waals surface area contributed by atoms with Crippen LogP contribution < -0.4 is 5.46 Å². The first-order valence-corrected chi connectivity index (χ1v) is 6.60. The summed E-state index contributed by atoms with van der Waals surface area (Å²) in [5, 5.41) is 8.24.